The topological polar surface area (TPSA) is 28.5 Å². The second kappa shape index (κ2) is 7.39. The SMILES string of the molecule is O=C(CCn1ccc2ccc(F)cc21)N1CCN(c2ccccc2F)CC1. The van der Waals surface area contributed by atoms with Crippen LogP contribution in [0.1, 0.15) is 6.42 Å². The van der Waals surface area contributed by atoms with E-state index in [2.05, 4.69) is 0 Å². The minimum Gasteiger partial charge on any atom is -0.366 e. The molecule has 4 rings (SSSR count). The number of rotatable bonds is 4. The van der Waals surface area contributed by atoms with Gasteiger partial charge in [0.15, 0.2) is 0 Å². The van der Waals surface area contributed by atoms with Gasteiger partial charge in [0, 0.05) is 45.3 Å². The van der Waals surface area contributed by atoms with Crippen molar-refractivity contribution in [2.75, 3.05) is 31.1 Å². The Hall–Kier alpha value is -2.89. The summed E-state index contributed by atoms with van der Waals surface area (Å²) >= 11 is 0. The minimum atomic E-state index is -0.280. The molecule has 2 aromatic carbocycles. The first-order chi connectivity index (χ1) is 13.1. The number of benzene rings is 2. The van der Waals surface area contributed by atoms with Crippen LogP contribution in [0.15, 0.2) is 54.7 Å². The van der Waals surface area contributed by atoms with E-state index in [-0.39, 0.29) is 17.5 Å². The fraction of sp³-hybridized carbons (Fsp3) is 0.286. The number of hydrogen-bond donors (Lipinski definition) is 0. The molecular formula is C21H21F2N3O. The molecule has 0 bridgehead atoms. The Morgan fingerprint density at radius 2 is 1.74 bits per heavy atom. The van der Waals surface area contributed by atoms with Gasteiger partial charge in [0.2, 0.25) is 5.91 Å². The molecule has 1 aliphatic rings. The molecule has 6 heteroatoms. The number of piperazine rings is 1. The third kappa shape index (κ3) is 3.65. The molecule has 3 aromatic rings. The van der Waals surface area contributed by atoms with Gasteiger partial charge in [-0.2, -0.15) is 0 Å². The second-order valence-corrected chi connectivity index (χ2v) is 6.78. The average molecular weight is 369 g/mol. The van der Waals surface area contributed by atoms with Gasteiger partial charge < -0.3 is 14.4 Å². The van der Waals surface area contributed by atoms with E-state index >= 15 is 0 Å². The standard InChI is InChI=1S/C21H21F2N3O/c22-17-6-5-16-7-9-24(20(16)15-17)10-8-21(27)26-13-11-25(12-14-26)19-4-2-1-3-18(19)23/h1-7,9,15H,8,10-14H2. The summed E-state index contributed by atoms with van der Waals surface area (Å²) in [5.74, 6) is -0.441. The Bertz CT molecular complexity index is 961. The van der Waals surface area contributed by atoms with Gasteiger partial charge in [-0.25, -0.2) is 8.78 Å². The van der Waals surface area contributed by atoms with Gasteiger partial charge in [0.05, 0.1) is 11.2 Å². The summed E-state index contributed by atoms with van der Waals surface area (Å²) in [7, 11) is 0. The first-order valence-electron chi connectivity index (χ1n) is 9.13. The molecule has 0 radical (unpaired) electrons. The van der Waals surface area contributed by atoms with E-state index in [1.54, 1.807) is 18.2 Å². The molecule has 1 saturated heterocycles. The largest absolute Gasteiger partial charge is 0.366 e. The lowest BCUT2D eigenvalue weighted by atomic mass is 10.2. The van der Waals surface area contributed by atoms with Crippen LogP contribution in [-0.2, 0) is 11.3 Å². The van der Waals surface area contributed by atoms with Crippen LogP contribution >= 0.6 is 0 Å². The molecule has 0 spiro atoms. The fourth-order valence-corrected chi connectivity index (χ4v) is 3.63. The molecule has 0 saturated carbocycles. The summed E-state index contributed by atoms with van der Waals surface area (Å²) in [5, 5.41) is 0.961. The molecule has 140 valence electrons. The summed E-state index contributed by atoms with van der Waals surface area (Å²) in [6.45, 7) is 2.90. The molecule has 27 heavy (non-hydrogen) atoms. The number of fused-ring (bicyclic) bond motifs is 1. The maximum atomic E-state index is 13.9. The zero-order chi connectivity index (χ0) is 18.8. The van der Waals surface area contributed by atoms with E-state index in [1.807, 2.05) is 32.7 Å². The van der Waals surface area contributed by atoms with Crippen LogP contribution in [0.5, 0.6) is 0 Å². The number of halogens is 2. The Morgan fingerprint density at radius 3 is 2.52 bits per heavy atom. The molecule has 0 N–H and O–H groups in total. The normalized spacial score (nSPS) is 14.7. The van der Waals surface area contributed by atoms with Crippen molar-refractivity contribution in [1.29, 1.82) is 0 Å². The monoisotopic (exact) mass is 369 g/mol. The summed E-state index contributed by atoms with van der Waals surface area (Å²) in [6, 6.07) is 13.3. The van der Waals surface area contributed by atoms with Gasteiger partial charge >= 0.3 is 0 Å². The van der Waals surface area contributed by atoms with Crippen LogP contribution in [0.2, 0.25) is 0 Å². The van der Waals surface area contributed by atoms with Crippen molar-refractivity contribution in [2.24, 2.45) is 0 Å². The van der Waals surface area contributed by atoms with Gasteiger partial charge in [0.1, 0.15) is 11.6 Å². The lowest BCUT2D eigenvalue weighted by molar-refractivity contribution is -0.131. The average Bonchev–Trinajstić information content (AvgIpc) is 3.09. The lowest BCUT2D eigenvalue weighted by Gasteiger charge is -2.36. The van der Waals surface area contributed by atoms with Crippen LogP contribution in [-0.4, -0.2) is 41.6 Å². The molecule has 1 aromatic heterocycles. The predicted octanol–water partition coefficient (Wildman–Crippen LogP) is 3.66. The minimum absolute atomic E-state index is 0.0708. The first kappa shape index (κ1) is 17.5. The van der Waals surface area contributed by atoms with Gasteiger partial charge in [-0.05, 0) is 41.8 Å². The van der Waals surface area contributed by atoms with Crippen molar-refractivity contribution >= 4 is 22.5 Å². The number of nitrogens with zero attached hydrogens (tertiary/aromatic N) is 3. The summed E-state index contributed by atoms with van der Waals surface area (Å²) in [4.78, 5) is 16.3. The van der Waals surface area contributed by atoms with E-state index in [0.29, 0.717) is 44.8 Å². The highest BCUT2D eigenvalue weighted by molar-refractivity contribution is 5.81. The molecule has 0 atom stereocenters. The first-order valence-corrected chi connectivity index (χ1v) is 9.13. The third-order valence-electron chi connectivity index (χ3n) is 5.13. The zero-order valence-electron chi connectivity index (χ0n) is 14.9. The fourth-order valence-electron chi connectivity index (χ4n) is 3.63. The van der Waals surface area contributed by atoms with Crippen LogP contribution in [0.3, 0.4) is 0 Å². The molecular weight excluding hydrogens is 348 g/mol. The molecule has 1 fully saturated rings. The van der Waals surface area contributed by atoms with E-state index in [1.165, 1.54) is 18.2 Å². The molecule has 2 heterocycles. The molecule has 1 amide bonds. The third-order valence-corrected chi connectivity index (χ3v) is 5.13. The quantitative estimate of drug-likeness (QED) is 0.702. The smallest absolute Gasteiger partial charge is 0.224 e. The number of anilines is 1. The number of carbonyl (C=O) groups excluding carboxylic acids is 1. The van der Waals surface area contributed by atoms with Crippen LogP contribution < -0.4 is 4.90 Å². The highest BCUT2D eigenvalue weighted by Crippen LogP contribution is 2.21. The highest BCUT2D eigenvalue weighted by atomic mass is 19.1. The maximum absolute atomic E-state index is 13.9. The van der Waals surface area contributed by atoms with Gasteiger partial charge in [0.25, 0.3) is 0 Å². The Labute approximate surface area is 156 Å². The number of aryl methyl sites for hydroxylation is 1. The van der Waals surface area contributed by atoms with Gasteiger partial charge in [-0.1, -0.05) is 12.1 Å². The van der Waals surface area contributed by atoms with E-state index < -0.39 is 0 Å². The van der Waals surface area contributed by atoms with Crippen LogP contribution in [0, 0.1) is 11.6 Å². The van der Waals surface area contributed by atoms with Gasteiger partial charge in [-0.15, -0.1) is 0 Å². The van der Waals surface area contributed by atoms with Crippen molar-refractivity contribution in [3.05, 3.63) is 66.4 Å². The lowest BCUT2D eigenvalue weighted by Crippen LogP contribution is -2.49. The zero-order valence-corrected chi connectivity index (χ0v) is 14.9. The molecule has 0 aliphatic carbocycles. The van der Waals surface area contributed by atoms with Crippen LogP contribution in [0.4, 0.5) is 14.5 Å². The summed E-state index contributed by atoms with van der Waals surface area (Å²) in [6.07, 6.45) is 2.24. The molecule has 0 unspecified atom stereocenters. The maximum Gasteiger partial charge on any atom is 0.224 e. The predicted molar refractivity (Wildman–Crippen MR) is 102 cm³/mol. The van der Waals surface area contributed by atoms with E-state index in [9.17, 15) is 13.6 Å². The Kier molecular flexibility index (Phi) is 4.79. The molecule has 4 nitrogen and oxygen atoms in total. The number of amides is 1. The number of aromatic nitrogens is 1. The van der Waals surface area contributed by atoms with E-state index in [0.717, 1.165) is 10.9 Å². The number of carbonyl (C=O) groups is 1. The Morgan fingerprint density at radius 1 is 0.963 bits per heavy atom. The van der Waals surface area contributed by atoms with Crippen molar-refractivity contribution in [3.63, 3.8) is 0 Å². The van der Waals surface area contributed by atoms with Crippen molar-refractivity contribution in [3.8, 4) is 0 Å². The highest BCUT2D eigenvalue weighted by Gasteiger charge is 2.22. The van der Waals surface area contributed by atoms with Crippen molar-refractivity contribution < 1.29 is 13.6 Å². The summed E-state index contributed by atoms with van der Waals surface area (Å²) in [5.41, 5.74) is 1.39. The number of hydrogen-bond acceptors (Lipinski definition) is 2. The van der Waals surface area contributed by atoms with Gasteiger partial charge in [-0.3, -0.25) is 4.79 Å². The molecule has 1 aliphatic heterocycles. The van der Waals surface area contributed by atoms with Crippen molar-refractivity contribution in [2.45, 2.75) is 13.0 Å². The number of para-hydroxylation sites is 1. The second-order valence-electron chi connectivity index (χ2n) is 6.78. The Balaban J connectivity index is 1.34. The van der Waals surface area contributed by atoms with Crippen molar-refractivity contribution in [1.82, 2.24) is 9.47 Å². The summed E-state index contributed by atoms with van der Waals surface area (Å²) < 4.78 is 29.3. The van der Waals surface area contributed by atoms with Crippen LogP contribution in [0.25, 0.3) is 10.9 Å². The van der Waals surface area contributed by atoms with E-state index in [4.69, 9.17) is 0 Å².